The highest BCUT2D eigenvalue weighted by atomic mass is 15.6. The summed E-state index contributed by atoms with van der Waals surface area (Å²) in [5.41, 5.74) is 5.46. The van der Waals surface area contributed by atoms with Gasteiger partial charge in [-0.25, -0.2) is 4.68 Å². The third-order valence-corrected chi connectivity index (χ3v) is 6.44. The first-order valence-electron chi connectivity index (χ1n) is 11.1. The van der Waals surface area contributed by atoms with E-state index in [4.69, 9.17) is 5.10 Å². The maximum absolute atomic E-state index is 5.26. The van der Waals surface area contributed by atoms with Crippen LogP contribution in [0.4, 0.5) is 5.69 Å². The molecule has 0 amide bonds. The van der Waals surface area contributed by atoms with Crippen LogP contribution in [-0.2, 0) is 5.54 Å². The van der Waals surface area contributed by atoms with Gasteiger partial charge in [-0.15, -0.1) is 5.10 Å². The minimum absolute atomic E-state index is 0.124. The zero-order valence-electron chi connectivity index (χ0n) is 18.3. The summed E-state index contributed by atoms with van der Waals surface area (Å²) in [4.78, 5) is 0. The van der Waals surface area contributed by atoms with E-state index in [0.29, 0.717) is 0 Å². The van der Waals surface area contributed by atoms with Gasteiger partial charge in [0.25, 0.3) is 0 Å². The van der Waals surface area contributed by atoms with Crippen molar-refractivity contribution in [3.8, 4) is 0 Å². The van der Waals surface area contributed by atoms with E-state index in [1.807, 2.05) is 36.4 Å². The van der Waals surface area contributed by atoms with Gasteiger partial charge in [-0.1, -0.05) is 96.2 Å². The number of aromatic nitrogens is 3. The summed E-state index contributed by atoms with van der Waals surface area (Å²) in [6.45, 7) is 2.22. The van der Waals surface area contributed by atoms with E-state index >= 15 is 0 Å². The Kier molecular flexibility index (Phi) is 4.54. The van der Waals surface area contributed by atoms with Crippen LogP contribution in [0.25, 0.3) is 11.0 Å². The molecule has 0 aliphatic carbocycles. The minimum atomic E-state index is -0.616. The van der Waals surface area contributed by atoms with Gasteiger partial charge in [0.1, 0.15) is 17.1 Å². The molecule has 0 unspecified atom stereocenters. The molecule has 4 aromatic carbocycles. The topological polar surface area (TPSA) is 46.3 Å². The van der Waals surface area contributed by atoms with Crippen molar-refractivity contribution >= 4 is 22.4 Å². The highest BCUT2D eigenvalue weighted by molar-refractivity contribution is 6.09. The lowest BCUT2D eigenvalue weighted by Gasteiger charge is -2.36. The number of hydrazone groups is 1. The Morgan fingerprint density at radius 3 is 2.03 bits per heavy atom. The smallest absolute Gasteiger partial charge is 0.133 e. The van der Waals surface area contributed by atoms with E-state index in [2.05, 4.69) is 106 Å². The second-order valence-corrected chi connectivity index (χ2v) is 8.45. The number of hydrogen-bond acceptors (Lipinski definition) is 4. The molecule has 5 aromatic rings. The summed E-state index contributed by atoms with van der Waals surface area (Å²) in [6.07, 6.45) is 0. The van der Waals surface area contributed by atoms with E-state index in [0.717, 1.165) is 33.6 Å². The van der Waals surface area contributed by atoms with Crippen LogP contribution >= 0.6 is 0 Å². The standard InChI is InChI=1S/C28H23N5/c1-28(33-25-20-12-11-19-24(25)29-31-33)26(21-13-5-2-6-14-21)30-32(23-17-9-4-10-18-23)27(28)22-15-7-3-8-16-22/h2-20,27H,1H3/t27-,28-/m1/s1. The largest absolute Gasteiger partial charge is 0.255 e. The number of hydrogen-bond donors (Lipinski definition) is 0. The lowest BCUT2D eigenvalue weighted by molar-refractivity contribution is 0.343. The summed E-state index contributed by atoms with van der Waals surface area (Å²) in [7, 11) is 0. The van der Waals surface area contributed by atoms with E-state index in [1.165, 1.54) is 0 Å². The van der Waals surface area contributed by atoms with Crippen LogP contribution < -0.4 is 5.01 Å². The van der Waals surface area contributed by atoms with Crippen molar-refractivity contribution in [1.82, 2.24) is 15.0 Å². The molecule has 1 aliphatic heterocycles. The van der Waals surface area contributed by atoms with Crippen LogP contribution in [0, 0.1) is 0 Å². The zero-order valence-corrected chi connectivity index (χ0v) is 18.3. The first kappa shape index (κ1) is 19.4. The van der Waals surface area contributed by atoms with Crippen molar-refractivity contribution in [3.63, 3.8) is 0 Å². The van der Waals surface area contributed by atoms with Gasteiger partial charge in [0.15, 0.2) is 0 Å². The number of rotatable bonds is 4. The molecule has 33 heavy (non-hydrogen) atoms. The fourth-order valence-corrected chi connectivity index (χ4v) is 4.90. The summed E-state index contributed by atoms with van der Waals surface area (Å²) in [5.74, 6) is 0. The van der Waals surface area contributed by atoms with Crippen LogP contribution in [0.5, 0.6) is 0 Å². The van der Waals surface area contributed by atoms with Gasteiger partial charge in [0.05, 0.1) is 16.9 Å². The van der Waals surface area contributed by atoms with Crippen molar-refractivity contribution in [2.75, 3.05) is 5.01 Å². The third kappa shape index (κ3) is 3.04. The molecule has 1 aliphatic rings. The maximum Gasteiger partial charge on any atom is 0.133 e. The quantitative estimate of drug-likeness (QED) is 0.362. The Labute approximate surface area is 192 Å². The van der Waals surface area contributed by atoms with Crippen LogP contribution in [0.1, 0.15) is 24.1 Å². The predicted molar refractivity (Wildman–Crippen MR) is 132 cm³/mol. The Morgan fingerprint density at radius 2 is 1.30 bits per heavy atom. The molecular formula is C28H23N5. The van der Waals surface area contributed by atoms with Crippen LogP contribution in [0.3, 0.4) is 0 Å². The molecule has 0 saturated heterocycles. The van der Waals surface area contributed by atoms with E-state index < -0.39 is 5.54 Å². The Morgan fingerprint density at radius 1 is 0.697 bits per heavy atom. The number of nitrogens with zero attached hydrogens (tertiary/aromatic N) is 5. The van der Waals surface area contributed by atoms with Gasteiger partial charge >= 0.3 is 0 Å². The van der Waals surface area contributed by atoms with E-state index in [9.17, 15) is 0 Å². The summed E-state index contributed by atoms with van der Waals surface area (Å²) < 4.78 is 2.05. The predicted octanol–water partition coefficient (Wildman–Crippen LogP) is 5.81. The number of para-hydroxylation sites is 2. The third-order valence-electron chi connectivity index (χ3n) is 6.44. The average molecular weight is 430 g/mol. The molecule has 0 radical (unpaired) electrons. The molecule has 1 aromatic heterocycles. The summed E-state index contributed by atoms with van der Waals surface area (Å²) >= 11 is 0. The maximum atomic E-state index is 5.26. The van der Waals surface area contributed by atoms with Gasteiger partial charge in [0.2, 0.25) is 0 Å². The van der Waals surface area contributed by atoms with Crippen molar-refractivity contribution < 1.29 is 0 Å². The van der Waals surface area contributed by atoms with Gasteiger partial charge < -0.3 is 0 Å². The van der Waals surface area contributed by atoms with E-state index in [1.54, 1.807) is 0 Å². The Balaban J connectivity index is 1.66. The number of benzene rings is 4. The fraction of sp³-hybridized carbons (Fsp3) is 0.107. The van der Waals surface area contributed by atoms with E-state index in [-0.39, 0.29) is 6.04 Å². The first-order valence-corrected chi connectivity index (χ1v) is 11.1. The highest BCUT2D eigenvalue weighted by Crippen LogP contribution is 2.48. The molecule has 0 N–H and O–H groups in total. The highest BCUT2D eigenvalue weighted by Gasteiger charge is 2.52. The Bertz CT molecular complexity index is 1430. The normalized spacial score (nSPS) is 20.2. The molecule has 160 valence electrons. The van der Waals surface area contributed by atoms with Crippen molar-refractivity contribution in [3.05, 3.63) is 126 Å². The lowest BCUT2D eigenvalue weighted by Crippen LogP contribution is -2.45. The second kappa shape index (κ2) is 7.71. The van der Waals surface area contributed by atoms with Crippen LogP contribution in [-0.4, -0.2) is 20.7 Å². The molecule has 6 rings (SSSR count). The fourth-order valence-electron chi connectivity index (χ4n) is 4.90. The van der Waals surface area contributed by atoms with Gasteiger partial charge in [-0.05, 0) is 36.8 Å². The molecule has 2 heterocycles. The molecular weight excluding hydrogens is 406 g/mol. The van der Waals surface area contributed by atoms with Gasteiger partial charge in [-0.3, -0.25) is 5.01 Å². The summed E-state index contributed by atoms with van der Waals surface area (Å²) in [5, 5.41) is 16.6. The molecule has 5 nitrogen and oxygen atoms in total. The van der Waals surface area contributed by atoms with Gasteiger partial charge in [0, 0.05) is 5.56 Å². The first-order chi connectivity index (χ1) is 16.3. The number of fused-ring (bicyclic) bond motifs is 1. The van der Waals surface area contributed by atoms with Crippen LogP contribution in [0.15, 0.2) is 120 Å². The Hall–Kier alpha value is -4.25. The monoisotopic (exact) mass is 429 g/mol. The molecule has 0 saturated carbocycles. The van der Waals surface area contributed by atoms with Crippen molar-refractivity contribution in [2.45, 2.75) is 18.5 Å². The SMILES string of the molecule is C[C@@]1(n2nnc3ccccc32)C(c2ccccc2)=NN(c2ccccc2)[C@@H]1c1ccccc1. The second-order valence-electron chi connectivity index (χ2n) is 8.45. The summed E-state index contributed by atoms with van der Waals surface area (Å²) in [6, 6.07) is 39.3. The minimum Gasteiger partial charge on any atom is -0.255 e. The number of anilines is 1. The van der Waals surface area contributed by atoms with Gasteiger partial charge in [-0.2, -0.15) is 5.10 Å². The molecule has 0 fully saturated rings. The molecule has 0 spiro atoms. The van der Waals surface area contributed by atoms with Crippen molar-refractivity contribution in [2.24, 2.45) is 5.10 Å². The molecule has 5 heteroatoms. The average Bonchev–Trinajstić information content (AvgIpc) is 3.45. The van der Waals surface area contributed by atoms with Crippen LogP contribution in [0.2, 0.25) is 0 Å². The molecule has 0 bridgehead atoms. The zero-order chi connectivity index (χ0) is 22.3. The molecule has 2 atom stereocenters. The lowest BCUT2D eigenvalue weighted by atomic mass is 9.80. The van der Waals surface area contributed by atoms with Crippen molar-refractivity contribution in [1.29, 1.82) is 0 Å².